The SMILES string of the molecule is CCN(Cc1ccc(N)cc1)c1ccc(C(N)=O)cc1Cl. The minimum absolute atomic E-state index is 0.410. The smallest absolute Gasteiger partial charge is 0.248 e. The fourth-order valence-electron chi connectivity index (χ4n) is 2.13. The lowest BCUT2D eigenvalue weighted by molar-refractivity contribution is 0.100. The van der Waals surface area contributed by atoms with Gasteiger partial charge in [-0.15, -0.1) is 0 Å². The van der Waals surface area contributed by atoms with Crippen LogP contribution in [0.4, 0.5) is 11.4 Å². The van der Waals surface area contributed by atoms with Crippen molar-refractivity contribution in [3.8, 4) is 0 Å². The van der Waals surface area contributed by atoms with E-state index in [0.29, 0.717) is 17.1 Å². The summed E-state index contributed by atoms with van der Waals surface area (Å²) in [5.41, 5.74) is 14.1. The number of nitrogens with two attached hydrogens (primary N) is 2. The Morgan fingerprint density at radius 2 is 1.86 bits per heavy atom. The van der Waals surface area contributed by atoms with Crippen molar-refractivity contribution < 1.29 is 4.79 Å². The number of hydrogen-bond acceptors (Lipinski definition) is 3. The zero-order valence-electron chi connectivity index (χ0n) is 11.8. The molecule has 5 heteroatoms. The maximum atomic E-state index is 11.2. The van der Waals surface area contributed by atoms with E-state index in [0.717, 1.165) is 23.5 Å². The number of hydrogen-bond donors (Lipinski definition) is 2. The zero-order chi connectivity index (χ0) is 15.4. The number of rotatable bonds is 5. The quantitative estimate of drug-likeness (QED) is 0.834. The molecule has 2 aromatic rings. The monoisotopic (exact) mass is 303 g/mol. The summed E-state index contributed by atoms with van der Waals surface area (Å²) in [6.07, 6.45) is 0. The highest BCUT2D eigenvalue weighted by Crippen LogP contribution is 2.28. The normalized spacial score (nSPS) is 10.4. The van der Waals surface area contributed by atoms with Gasteiger partial charge in [0.25, 0.3) is 0 Å². The number of amides is 1. The largest absolute Gasteiger partial charge is 0.399 e. The van der Waals surface area contributed by atoms with E-state index >= 15 is 0 Å². The number of primary amides is 1. The molecule has 0 unspecified atom stereocenters. The summed E-state index contributed by atoms with van der Waals surface area (Å²) in [6, 6.07) is 12.8. The third-order valence-corrected chi connectivity index (χ3v) is 3.61. The van der Waals surface area contributed by atoms with Gasteiger partial charge in [0.05, 0.1) is 10.7 Å². The highest BCUT2D eigenvalue weighted by molar-refractivity contribution is 6.33. The average molecular weight is 304 g/mol. The molecular formula is C16H18ClN3O. The first-order valence-electron chi connectivity index (χ1n) is 6.70. The molecule has 2 aromatic carbocycles. The summed E-state index contributed by atoms with van der Waals surface area (Å²) in [6.45, 7) is 3.56. The van der Waals surface area contributed by atoms with Crippen molar-refractivity contribution in [2.24, 2.45) is 5.73 Å². The van der Waals surface area contributed by atoms with E-state index < -0.39 is 5.91 Å². The summed E-state index contributed by atoms with van der Waals surface area (Å²) >= 11 is 6.27. The lowest BCUT2D eigenvalue weighted by Gasteiger charge is -2.24. The molecule has 4 nitrogen and oxygen atoms in total. The predicted molar refractivity (Wildman–Crippen MR) is 87.5 cm³/mol. The number of benzene rings is 2. The Labute approximate surface area is 129 Å². The van der Waals surface area contributed by atoms with Crippen molar-refractivity contribution in [2.45, 2.75) is 13.5 Å². The second-order valence-corrected chi connectivity index (χ2v) is 5.19. The lowest BCUT2D eigenvalue weighted by Crippen LogP contribution is -2.22. The Balaban J connectivity index is 2.25. The molecule has 0 aliphatic rings. The maximum absolute atomic E-state index is 11.2. The number of carbonyl (C=O) groups excluding carboxylic acids is 1. The van der Waals surface area contributed by atoms with Crippen LogP contribution in [-0.4, -0.2) is 12.5 Å². The summed E-state index contributed by atoms with van der Waals surface area (Å²) in [5.74, 6) is -0.481. The van der Waals surface area contributed by atoms with Crippen molar-refractivity contribution in [2.75, 3.05) is 17.2 Å². The van der Waals surface area contributed by atoms with Gasteiger partial charge in [-0.1, -0.05) is 23.7 Å². The molecule has 1 amide bonds. The molecule has 21 heavy (non-hydrogen) atoms. The molecule has 0 atom stereocenters. The summed E-state index contributed by atoms with van der Waals surface area (Å²) in [7, 11) is 0. The van der Waals surface area contributed by atoms with Gasteiger partial charge in [0, 0.05) is 24.3 Å². The lowest BCUT2D eigenvalue weighted by atomic mass is 10.1. The maximum Gasteiger partial charge on any atom is 0.248 e. The van der Waals surface area contributed by atoms with Crippen molar-refractivity contribution >= 4 is 28.9 Å². The van der Waals surface area contributed by atoms with E-state index in [2.05, 4.69) is 11.8 Å². The van der Waals surface area contributed by atoms with E-state index in [1.165, 1.54) is 0 Å². The van der Waals surface area contributed by atoms with Crippen molar-refractivity contribution in [1.82, 2.24) is 0 Å². The molecular weight excluding hydrogens is 286 g/mol. The van der Waals surface area contributed by atoms with E-state index in [1.807, 2.05) is 30.3 Å². The van der Waals surface area contributed by atoms with E-state index in [9.17, 15) is 4.79 Å². The predicted octanol–water partition coefficient (Wildman–Crippen LogP) is 3.05. The molecule has 0 aliphatic heterocycles. The Bertz CT molecular complexity index is 640. The highest BCUT2D eigenvalue weighted by atomic mass is 35.5. The Morgan fingerprint density at radius 1 is 1.19 bits per heavy atom. The Morgan fingerprint density at radius 3 is 2.38 bits per heavy atom. The van der Waals surface area contributed by atoms with Gasteiger partial charge in [0.2, 0.25) is 5.91 Å². The summed E-state index contributed by atoms with van der Waals surface area (Å²) in [4.78, 5) is 13.3. The van der Waals surface area contributed by atoms with Crippen LogP contribution in [0.2, 0.25) is 5.02 Å². The van der Waals surface area contributed by atoms with Gasteiger partial charge in [-0.05, 0) is 42.8 Å². The first-order valence-corrected chi connectivity index (χ1v) is 7.07. The first kappa shape index (κ1) is 15.2. The fourth-order valence-corrected chi connectivity index (χ4v) is 2.43. The molecule has 0 fully saturated rings. The molecule has 0 radical (unpaired) electrons. The molecule has 0 aromatic heterocycles. The van der Waals surface area contributed by atoms with Crippen LogP contribution in [0.3, 0.4) is 0 Å². The van der Waals surface area contributed by atoms with Crippen LogP contribution in [0.25, 0.3) is 0 Å². The van der Waals surface area contributed by atoms with Crippen LogP contribution < -0.4 is 16.4 Å². The molecule has 0 saturated carbocycles. The van der Waals surface area contributed by atoms with Gasteiger partial charge in [0.15, 0.2) is 0 Å². The van der Waals surface area contributed by atoms with E-state index in [1.54, 1.807) is 12.1 Å². The molecule has 4 N–H and O–H groups in total. The third kappa shape index (κ3) is 3.67. The fraction of sp³-hybridized carbons (Fsp3) is 0.188. The summed E-state index contributed by atoms with van der Waals surface area (Å²) < 4.78 is 0. The molecule has 110 valence electrons. The van der Waals surface area contributed by atoms with E-state index in [-0.39, 0.29) is 0 Å². The number of anilines is 2. The van der Waals surface area contributed by atoms with Crippen LogP contribution >= 0.6 is 11.6 Å². The van der Waals surface area contributed by atoms with Crippen LogP contribution in [0.1, 0.15) is 22.8 Å². The second kappa shape index (κ2) is 6.50. The molecule has 2 rings (SSSR count). The van der Waals surface area contributed by atoms with Crippen LogP contribution in [-0.2, 0) is 6.54 Å². The third-order valence-electron chi connectivity index (χ3n) is 3.31. The molecule has 0 heterocycles. The molecule has 0 spiro atoms. The topological polar surface area (TPSA) is 72.3 Å². The number of nitrogens with zero attached hydrogens (tertiary/aromatic N) is 1. The Kier molecular flexibility index (Phi) is 4.70. The van der Waals surface area contributed by atoms with Gasteiger partial charge >= 0.3 is 0 Å². The van der Waals surface area contributed by atoms with Crippen molar-refractivity contribution in [1.29, 1.82) is 0 Å². The van der Waals surface area contributed by atoms with Crippen LogP contribution in [0.5, 0.6) is 0 Å². The minimum atomic E-state index is -0.481. The van der Waals surface area contributed by atoms with Gasteiger partial charge in [0.1, 0.15) is 0 Å². The molecule has 0 aliphatic carbocycles. The molecule has 0 saturated heterocycles. The van der Waals surface area contributed by atoms with Crippen molar-refractivity contribution in [3.63, 3.8) is 0 Å². The minimum Gasteiger partial charge on any atom is -0.399 e. The summed E-state index contributed by atoms with van der Waals surface area (Å²) in [5, 5.41) is 0.517. The van der Waals surface area contributed by atoms with Crippen LogP contribution in [0.15, 0.2) is 42.5 Å². The van der Waals surface area contributed by atoms with Gasteiger partial charge in [-0.3, -0.25) is 4.79 Å². The van der Waals surface area contributed by atoms with Crippen molar-refractivity contribution in [3.05, 3.63) is 58.6 Å². The second-order valence-electron chi connectivity index (χ2n) is 4.79. The Hall–Kier alpha value is -2.20. The van der Waals surface area contributed by atoms with Gasteiger partial charge in [-0.2, -0.15) is 0 Å². The van der Waals surface area contributed by atoms with E-state index in [4.69, 9.17) is 23.1 Å². The zero-order valence-corrected chi connectivity index (χ0v) is 12.6. The van der Waals surface area contributed by atoms with Gasteiger partial charge < -0.3 is 16.4 Å². The standard InChI is InChI=1S/C16H18ClN3O/c1-2-20(10-11-3-6-13(18)7-4-11)15-8-5-12(16(19)21)9-14(15)17/h3-9H,2,10,18H2,1H3,(H2,19,21). The molecule has 0 bridgehead atoms. The highest BCUT2D eigenvalue weighted by Gasteiger charge is 2.11. The number of carbonyl (C=O) groups is 1. The average Bonchev–Trinajstić information content (AvgIpc) is 2.47. The van der Waals surface area contributed by atoms with Gasteiger partial charge in [-0.25, -0.2) is 0 Å². The number of halogens is 1. The number of nitrogen functional groups attached to an aromatic ring is 1. The van der Waals surface area contributed by atoms with Crippen LogP contribution in [0, 0.1) is 0 Å². The first-order chi connectivity index (χ1) is 10.0.